The summed E-state index contributed by atoms with van der Waals surface area (Å²) < 4.78 is 30.7. The molecule has 1 N–H and O–H groups in total. The first-order valence-electron chi connectivity index (χ1n) is 7.43. The molecule has 0 bridgehead atoms. The van der Waals surface area contributed by atoms with Crippen molar-refractivity contribution >= 4 is 11.2 Å². The third-order valence-electron chi connectivity index (χ3n) is 3.38. The van der Waals surface area contributed by atoms with Gasteiger partial charge in [0.2, 0.25) is 5.65 Å². The van der Waals surface area contributed by atoms with Gasteiger partial charge in [-0.25, -0.2) is 13.4 Å². The number of aromatic nitrogens is 3. The number of rotatable bonds is 3. The molecule has 0 unspecified atom stereocenters. The zero-order valence-electron chi connectivity index (χ0n) is 15.0. The smallest absolute Gasteiger partial charge is 0.264 e. The number of fused-ring (bicyclic) bond motifs is 1. The molecule has 26 heavy (non-hydrogen) atoms. The quantitative estimate of drug-likeness (QED) is 0.626. The van der Waals surface area contributed by atoms with E-state index in [-0.39, 0.29) is 56.9 Å². The number of hydrogen-bond donors (Lipinski definition) is 1. The maximum atomic E-state index is 12.7. The van der Waals surface area contributed by atoms with E-state index in [9.17, 15) is 18.7 Å². The Labute approximate surface area is 175 Å². The fourth-order valence-electron chi connectivity index (χ4n) is 2.36. The minimum absolute atomic E-state index is 0. The Morgan fingerprint density at radius 3 is 2.42 bits per heavy atom. The zero-order valence-corrected chi connectivity index (χ0v) is 17.9. The summed E-state index contributed by atoms with van der Waals surface area (Å²) in [5.41, 5.74) is -0.0388. The Balaban J connectivity index is 0.00000151. The van der Waals surface area contributed by atoms with Crippen molar-refractivity contribution < 1.29 is 51.2 Å². The van der Waals surface area contributed by atoms with Crippen molar-refractivity contribution in [2.75, 3.05) is 0 Å². The van der Waals surface area contributed by atoms with Crippen molar-refractivity contribution in [2.24, 2.45) is 0 Å². The summed E-state index contributed by atoms with van der Waals surface area (Å²) in [7, 11) is 0. The van der Waals surface area contributed by atoms with E-state index in [0.29, 0.717) is 11.1 Å². The molecule has 0 aliphatic heterocycles. The molecule has 0 atom stereocenters. The molecular weight excluding hydrogens is 421 g/mol. The molecule has 1 radical (unpaired) electrons. The van der Waals surface area contributed by atoms with Crippen molar-refractivity contribution in [1.29, 1.82) is 0 Å². The van der Waals surface area contributed by atoms with Gasteiger partial charge in [-0.05, 0) is 28.4 Å². The summed E-state index contributed by atoms with van der Waals surface area (Å²) in [5, 5.41) is 17.2. The van der Waals surface area contributed by atoms with E-state index in [0.717, 1.165) is 4.57 Å². The summed E-state index contributed by atoms with van der Waals surface area (Å²) in [4.78, 5) is 12.6. The van der Waals surface area contributed by atoms with Gasteiger partial charge in [0.15, 0.2) is 11.3 Å². The first kappa shape index (κ1) is 24.3. The SMILES string of the molecule is CC.Cc1ccccc1-c1c(O)c2nonc2n(CC(F)F)c1=O.[CH3-].[Y]. The van der Waals surface area contributed by atoms with E-state index in [2.05, 4.69) is 14.9 Å². The molecule has 2 heterocycles. The maximum absolute atomic E-state index is 12.7. The summed E-state index contributed by atoms with van der Waals surface area (Å²) >= 11 is 0. The van der Waals surface area contributed by atoms with Crippen molar-refractivity contribution in [3.05, 3.63) is 47.6 Å². The first-order chi connectivity index (χ1) is 11.5. The van der Waals surface area contributed by atoms with Crippen molar-refractivity contribution in [1.82, 2.24) is 14.9 Å². The third kappa shape index (κ3) is 4.54. The van der Waals surface area contributed by atoms with E-state index < -0.39 is 24.3 Å². The fourth-order valence-corrected chi connectivity index (χ4v) is 2.36. The number of aromatic hydroxyl groups is 1. The molecule has 139 valence electrons. The average molecular weight is 441 g/mol. The molecule has 0 amide bonds. The van der Waals surface area contributed by atoms with Crippen LogP contribution in [-0.4, -0.2) is 26.4 Å². The Morgan fingerprint density at radius 2 is 1.85 bits per heavy atom. The molecule has 3 aromatic rings. The van der Waals surface area contributed by atoms with E-state index in [1.54, 1.807) is 31.2 Å². The molecule has 0 spiro atoms. The normalized spacial score (nSPS) is 9.92. The van der Waals surface area contributed by atoms with Crippen molar-refractivity contribution in [3.8, 4) is 16.9 Å². The molecule has 9 heteroatoms. The van der Waals surface area contributed by atoms with Crippen LogP contribution in [0.15, 0.2) is 33.7 Å². The molecule has 0 aliphatic rings. The number of alkyl halides is 2. The largest absolute Gasteiger partial charge is 0.505 e. The average Bonchev–Trinajstić information content (AvgIpc) is 3.05. The molecular formula is C17H20F2N3O3Y-. The Kier molecular flexibility index (Phi) is 9.80. The zero-order chi connectivity index (χ0) is 17.9. The van der Waals surface area contributed by atoms with E-state index in [1.165, 1.54) is 0 Å². The van der Waals surface area contributed by atoms with Crippen LogP contribution in [0.4, 0.5) is 8.78 Å². The van der Waals surface area contributed by atoms with Gasteiger partial charge in [0.1, 0.15) is 0 Å². The standard InChI is InChI=1S/C14H11F2N3O3.C2H6.CH3.Y/c1-7-4-2-3-5-8(7)10-12(20)11-13(18-22-17-11)19(14(10)21)6-9(15)16;1-2;;/h2-5,9,20H,6H2,1H3;1-2H3;1H3;/q;;-1;. The second-order valence-corrected chi connectivity index (χ2v) is 4.78. The van der Waals surface area contributed by atoms with Crippen LogP contribution in [0, 0.1) is 14.4 Å². The second kappa shape index (κ2) is 10.5. The van der Waals surface area contributed by atoms with Gasteiger partial charge >= 0.3 is 0 Å². The second-order valence-electron chi connectivity index (χ2n) is 4.78. The first-order valence-corrected chi connectivity index (χ1v) is 7.43. The number of halogens is 2. The van der Waals surface area contributed by atoms with Gasteiger partial charge in [-0.15, -0.1) is 0 Å². The molecule has 2 aromatic heterocycles. The van der Waals surface area contributed by atoms with Gasteiger partial charge in [-0.2, -0.15) is 0 Å². The van der Waals surface area contributed by atoms with Crippen LogP contribution in [0.3, 0.4) is 0 Å². The van der Waals surface area contributed by atoms with Gasteiger partial charge in [0.25, 0.3) is 12.0 Å². The van der Waals surface area contributed by atoms with Crippen molar-refractivity contribution in [3.63, 3.8) is 0 Å². The fraction of sp³-hybridized carbons (Fsp3) is 0.294. The van der Waals surface area contributed by atoms with E-state index in [1.807, 2.05) is 13.8 Å². The van der Waals surface area contributed by atoms with E-state index in [4.69, 9.17) is 0 Å². The van der Waals surface area contributed by atoms with Crippen LogP contribution in [-0.2, 0) is 39.3 Å². The molecule has 0 aliphatic carbocycles. The van der Waals surface area contributed by atoms with Crippen LogP contribution >= 0.6 is 0 Å². The van der Waals surface area contributed by atoms with Crippen LogP contribution < -0.4 is 5.56 Å². The number of aryl methyl sites for hydroxylation is 1. The van der Waals surface area contributed by atoms with E-state index >= 15 is 0 Å². The van der Waals surface area contributed by atoms with Crippen LogP contribution in [0.1, 0.15) is 19.4 Å². The molecule has 0 saturated heterocycles. The molecule has 0 fully saturated rings. The summed E-state index contributed by atoms with van der Waals surface area (Å²) in [5.74, 6) is -0.430. The van der Waals surface area contributed by atoms with Crippen LogP contribution in [0.5, 0.6) is 5.75 Å². The van der Waals surface area contributed by atoms with Crippen molar-refractivity contribution in [2.45, 2.75) is 33.7 Å². The van der Waals surface area contributed by atoms with Gasteiger partial charge in [0, 0.05) is 32.7 Å². The molecule has 6 nitrogen and oxygen atoms in total. The Hall–Kier alpha value is -1.67. The van der Waals surface area contributed by atoms with Gasteiger partial charge in [0.05, 0.1) is 12.1 Å². The summed E-state index contributed by atoms with van der Waals surface area (Å²) in [6.45, 7) is 4.89. The summed E-state index contributed by atoms with van der Waals surface area (Å²) in [6, 6.07) is 6.82. The Morgan fingerprint density at radius 1 is 1.23 bits per heavy atom. The molecule has 3 rings (SSSR count). The number of benzene rings is 1. The Bertz CT molecular complexity index is 910. The van der Waals surface area contributed by atoms with Gasteiger partial charge in [-0.3, -0.25) is 9.36 Å². The predicted octanol–water partition coefficient (Wildman–Crippen LogP) is 3.80. The van der Waals surface area contributed by atoms with Gasteiger partial charge < -0.3 is 12.5 Å². The third-order valence-corrected chi connectivity index (χ3v) is 3.38. The van der Waals surface area contributed by atoms with Crippen LogP contribution in [0.25, 0.3) is 22.3 Å². The molecule has 0 saturated carbocycles. The monoisotopic (exact) mass is 441 g/mol. The van der Waals surface area contributed by atoms with Gasteiger partial charge in [-0.1, -0.05) is 38.1 Å². The number of pyridine rings is 1. The summed E-state index contributed by atoms with van der Waals surface area (Å²) in [6.07, 6.45) is -2.76. The minimum atomic E-state index is -2.76. The topological polar surface area (TPSA) is 81.2 Å². The minimum Gasteiger partial charge on any atom is -0.505 e. The maximum Gasteiger partial charge on any atom is 0.264 e. The number of hydrogen-bond acceptors (Lipinski definition) is 5. The van der Waals surface area contributed by atoms with Crippen LogP contribution in [0.2, 0.25) is 0 Å². The molecule has 1 aromatic carbocycles. The number of nitrogens with zero attached hydrogens (tertiary/aromatic N) is 3. The predicted molar refractivity (Wildman–Crippen MR) is 91.7 cm³/mol.